The number of thioether (sulfide) groups is 1. The van der Waals surface area contributed by atoms with Crippen LogP contribution >= 0.6 is 11.8 Å². The van der Waals surface area contributed by atoms with Gasteiger partial charge >= 0.3 is 58.4 Å². The van der Waals surface area contributed by atoms with E-state index in [1.165, 1.54) is 7.11 Å². The maximum Gasteiger partial charge on any atom is 1.00 e. The van der Waals surface area contributed by atoms with Crippen molar-refractivity contribution >= 4 is 18.7 Å². The average Bonchev–Trinajstić information content (AvgIpc) is 2.25. The minimum atomic E-state index is -4.92. The molecule has 0 aliphatic carbocycles. The van der Waals surface area contributed by atoms with Crippen LogP contribution in [0.4, 0.5) is 12.9 Å². The van der Waals surface area contributed by atoms with Crippen molar-refractivity contribution in [3.8, 4) is 5.75 Å². The summed E-state index contributed by atoms with van der Waals surface area (Å²) in [7, 11) is 1.54. The Balaban J connectivity index is 0.00000256. The van der Waals surface area contributed by atoms with E-state index in [9.17, 15) is 12.9 Å². The Labute approximate surface area is 146 Å². The molecule has 0 spiro atoms. The summed E-state index contributed by atoms with van der Waals surface area (Å²) in [5.74, 6) is 0.554. The molecular formula is C10H11BF3KOS. The second-order valence-electron chi connectivity index (χ2n) is 3.20. The summed E-state index contributed by atoms with van der Waals surface area (Å²) in [5, 5.41) is 0. The van der Waals surface area contributed by atoms with Gasteiger partial charge in [0.25, 0.3) is 0 Å². The van der Waals surface area contributed by atoms with Gasteiger partial charge in [-0.25, -0.2) is 0 Å². The molecule has 1 aromatic carbocycles. The average molecular weight is 286 g/mol. The first-order valence-electron chi connectivity index (χ1n) is 4.58. The Morgan fingerprint density at radius 2 is 1.82 bits per heavy atom. The van der Waals surface area contributed by atoms with Crippen LogP contribution in [0, 0.1) is 0 Å². The van der Waals surface area contributed by atoms with Crippen LogP contribution in [-0.2, 0) is 0 Å². The van der Waals surface area contributed by atoms with Crippen molar-refractivity contribution in [1.82, 2.24) is 0 Å². The fraction of sp³-hybridized carbons (Fsp3) is 0.200. The first kappa shape index (κ1) is 17.6. The summed E-state index contributed by atoms with van der Waals surface area (Å²) < 4.78 is 41.5. The minimum Gasteiger partial charge on any atom is -0.497 e. The largest absolute Gasteiger partial charge is 1.00 e. The number of hydrogen-bond acceptors (Lipinski definition) is 2. The van der Waals surface area contributed by atoms with E-state index in [0.717, 1.165) is 16.7 Å². The fourth-order valence-corrected chi connectivity index (χ4v) is 1.81. The Hall–Kier alpha value is 0.601. The standard InChI is InChI=1S/C10H11BF3OS.K/c1-8(11(12,13)14)7-16-10-5-3-9(15-2)4-6-10;/h3-6H,1,7H2,2H3;/q-1;+1. The molecule has 0 aliphatic rings. The van der Waals surface area contributed by atoms with Crippen LogP contribution in [0.15, 0.2) is 41.2 Å². The van der Waals surface area contributed by atoms with E-state index in [-0.39, 0.29) is 57.1 Å². The molecule has 0 N–H and O–H groups in total. The topological polar surface area (TPSA) is 9.23 Å². The van der Waals surface area contributed by atoms with Crippen LogP contribution in [0.5, 0.6) is 5.75 Å². The number of hydrogen-bond donors (Lipinski definition) is 0. The van der Waals surface area contributed by atoms with Crippen molar-refractivity contribution < 1.29 is 69.1 Å². The van der Waals surface area contributed by atoms with Gasteiger partial charge in [0.1, 0.15) is 5.75 Å². The van der Waals surface area contributed by atoms with E-state index in [4.69, 9.17) is 4.74 Å². The molecule has 0 aromatic heterocycles. The van der Waals surface area contributed by atoms with Crippen LogP contribution in [-0.4, -0.2) is 19.8 Å². The van der Waals surface area contributed by atoms with Crippen LogP contribution in [0.25, 0.3) is 0 Å². The predicted molar refractivity (Wildman–Crippen MR) is 61.9 cm³/mol. The molecule has 1 nitrogen and oxygen atoms in total. The number of rotatable bonds is 5. The van der Waals surface area contributed by atoms with Crippen molar-refractivity contribution in [2.45, 2.75) is 4.90 Å². The second kappa shape index (κ2) is 7.91. The van der Waals surface area contributed by atoms with Gasteiger partial charge in [0.2, 0.25) is 0 Å². The molecular weight excluding hydrogens is 275 g/mol. The Kier molecular flexibility index (Phi) is 8.19. The summed E-state index contributed by atoms with van der Waals surface area (Å²) in [5.41, 5.74) is -0.666. The molecule has 7 heteroatoms. The Bertz CT molecular complexity index is 367. The Morgan fingerprint density at radius 1 is 1.29 bits per heavy atom. The first-order valence-corrected chi connectivity index (χ1v) is 5.56. The van der Waals surface area contributed by atoms with Crippen LogP contribution in [0.3, 0.4) is 0 Å². The van der Waals surface area contributed by atoms with Gasteiger partial charge in [-0.2, -0.15) is 0 Å². The molecule has 17 heavy (non-hydrogen) atoms. The third-order valence-corrected chi connectivity index (χ3v) is 3.07. The molecule has 0 unspecified atom stereocenters. The van der Waals surface area contributed by atoms with E-state index in [2.05, 4.69) is 6.58 Å². The zero-order valence-electron chi connectivity index (χ0n) is 9.75. The summed E-state index contributed by atoms with van der Waals surface area (Å²) in [6.07, 6.45) is 0. The fourth-order valence-electron chi connectivity index (χ4n) is 0.942. The Morgan fingerprint density at radius 3 is 2.24 bits per heavy atom. The smallest absolute Gasteiger partial charge is 0.497 e. The van der Waals surface area contributed by atoms with Gasteiger partial charge in [-0.1, -0.05) is 0 Å². The van der Waals surface area contributed by atoms with Gasteiger partial charge in [-0.15, -0.1) is 23.8 Å². The summed E-state index contributed by atoms with van der Waals surface area (Å²) in [4.78, 5) is 0.766. The first-order chi connectivity index (χ1) is 7.43. The maximum absolute atomic E-state index is 12.2. The molecule has 1 rings (SSSR count). The molecule has 0 aliphatic heterocycles. The van der Waals surface area contributed by atoms with E-state index >= 15 is 0 Å². The van der Waals surface area contributed by atoms with E-state index < -0.39 is 12.4 Å². The van der Waals surface area contributed by atoms with Gasteiger partial charge in [0, 0.05) is 4.90 Å². The maximum atomic E-state index is 12.2. The van der Waals surface area contributed by atoms with Crippen LogP contribution in [0.1, 0.15) is 0 Å². The minimum absolute atomic E-state index is 0. The van der Waals surface area contributed by atoms with Crippen molar-refractivity contribution in [2.24, 2.45) is 0 Å². The zero-order valence-corrected chi connectivity index (χ0v) is 13.7. The summed E-state index contributed by atoms with van der Waals surface area (Å²) >= 11 is 1.12. The number of benzene rings is 1. The van der Waals surface area contributed by atoms with Crippen molar-refractivity contribution in [3.05, 3.63) is 36.3 Å². The predicted octanol–water partition coefficient (Wildman–Crippen LogP) is 0.734. The van der Waals surface area contributed by atoms with Crippen molar-refractivity contribution in [2.75, 3.05) is 12.9 Å². The van der Waals surface area contributed by atoms with E-state index in [0.29, 0.717) is 5.75 Å². The van der Waals surface area contributed by atoms with Gasteiger partial charge in [0.15, 0.2) is 0 Å². The SMILES string of the molecule is C=C(CSc1ccc(OC)cc1)[B-](F)(F)F.[K+]. The van der Waals surface area contributed by atoms with Gasteiger partial charge < -0.3 is 17.7 Å². The molecule has 0 atom stereocenters. The van der Waals surface area contributed by atoms with E-state index in [1.807, 2.05) is 0 Å². The monoisotopic (exact) mass is 286 g/mol. The molecule has 88 valence electrons. The number of ether oxygens (including phenoxy) is 1. The van der Waals surface area contributed by atoms with Gasteiger partial charge in [-0.3, -0.25) is 0 Å². The molecule has 1 aromatic rings. The molecule has 0 radical (unpaired) electrons. The van der Waals surface area contributed by atoms with Crippen molar-refractivity contribution in [1.29, 1.82) is 0 Å². The molecule has 0 bridgehead atoms. The molecule has 0 fully saturated rings. The quantitative estimate of drug-likeness (QED) is 0.583. The normalized spacial score (nSPS) is 10.6. The number of halogens is 3. The molecule has 0 heterocycles. The zero-order chi connectivity index (χ0) is 12.2. The summed E-state index contributed by atoms with van der Waals surface area (Å²) in [6, 6.07) is 6.87. The second-order valence-corrected chi connectivity index (χ2v) is 4.25. The molecule has 0 saturated heterocycles. The van der Waals surface area contributed by atoms with Crippen LogP contribution in [0.2, 0.25) is 0 Å². The molecule has 0 saturated carbocycles. The third-order valence-electron chi connectivity index (χ3n) is 1.95. The molecule has 0 amide bonds. The van der Waals surface area contributed by atoms with Crippen molar-refractivity contribution in [3.63, 3.8) is 0 Å². The van der Waals surface area contributed by atoms with Gasteiger partial charge in [-0.05, 0) is 30.0 Å². The third kappa shape index (κ3) is 6.35. The summed E-state index contributed by atoms with van der Waals surface area (Å²) in [6.45, 7) is -1.89. The van der Waals surface area contributed by atoms with E-state index in [1.54, 1.807) is 24.3 Å². The van der Waals surface area contributed by atoms with Crippen LogP contribution < -0.4 is 56.1 Å². The number of methoxy groups -OCH3 is 1. The van der Waals surface area contributed by atoms with Gasteiger partial charge in [0.05, 0.1) is 7.11 Å².